The molecule has 0 aliphatic heterocycles. The molecule has 0 bridgehead atoms. The first-order valence-corrected chi connectivity index (χ1v) is 8.04. The Morgan fingerprint density at radius 3 is 2.08 bits per heavy atom. The highest BCUT2D eigenvalue weighted by Gasteiger charge is 2.43. The van der Waals surface area contributed by atoms with Gasteiger partial charge in [0.2, 0.25) is 0 Å². The van der Waals surface area contributed by atoms with E-state index in [2.05, 4.69) is 5.10 Å². The van der Waals surface area contributed by atoms with Gasteiger partial charge in [-0.15, -0.1) is 0 Å². The summed E-state index contributed by atoms with van der Waals surface area (Å²) in [6.07, 6.45) is -3.15. The van der Waals surface area contributed by atoms with Crippen molar-refractivity contribution in [2.75, 3.05) is 4.90 Å². The van der Waals surface area contributed by atoms with Gasteiger partial charge in [0, 0.05) is 17.9 Å². The van der Waals surface area contributed by atoms with Crippen LogP contribution in [0.4, 0.5) is 23.7 Å². The first-order chi connectivity index (χ1) is 11.8. The predicted molar refractivity (Wildman–Crippen MR) is 92.6 cm³/mol. The summed E-state index contributed by atoms with van der Waals surface area (Å²) in [6, 6.07) is 2.25. The number of rotatable bonds is 3. The third kappa shape index (κ3) is 3.84. The van der Waals surface area contributed by atoms with Crippen molar-refractivity contribution in [3.05, 3.63) is 47.3 Å². The van der Waals surface area contributed by atoms with Gasteiger partial charge in [0.25, 0.3) is 0 Å². The lowest BCUT2D eigenvalue weighted by Gasteiger charge is -2.36. The van der Waals surface area contributed by atoms with Crippen LogP contribution in [0.5, 0.6) is 0 Å². The first kappa shape index (κ1) is 19.8. The molecule has 0 aliphatic carbocycles. The van der Waals surface area contributed by atoms with E-state index in [4.69, 9.17) is 0 Å². The largest absolute Gasteiger partial charge is 0.465 e. The zero-order valence-corrected chi connectivity index (χ0v) is 15.3. The van der Waals surface area contributed by atoms with Crippen LogP contribution in [0.3, 0.4) is 0 Å². The van der Waals surface area contributed by atoms with Crippen molar-refractivity contribution >= 4 is 11.8 Å². The minimum Gasteiger partial charge on any atom is -0.465 e. The molecule has 1 unspecified atom stereocenters. The normalized spacial score (nSPS) is 13.5. The molecule has 0 saturated heterocycles. The lowest BCUT2D eigenvalue weighted by atomic mass is 9.95. The number of aryl methyl sites for hydroxylation is 2. The minimum absolute atomic E-state index is 0.0131. The second kappa shape index (κ2) is 6.66. The molecule has 1 heterocycles. The maximum atomic E-state index is 13.6. The van der Waals surface area contributed by atoms with Gasteiger partial charge in [-0.25, -0.2) is 4.79 Å². The average Bonchev–Trinajstić information content (AvgIpc) is 2.93. The summed E-state index contributed by atoms with van der Waals surface area (Å²) in [5, 5.41) is 13.3. The monoisotopic (exact) mass is 369 g/mol. The van der Waals surface area contributed by atoms with E-state index in [-0.39, 0.29) is 5.56 Å². The Labute approximate surface area is 150 Å². The topological polar surface area (TPSA) is 58.4 Å². The van der Waals surface area contributed by atoms with E-state index in [1.807, 2.05) is 0 Å². The van der Waals surface area contributed by atoms with Crippen molar-refractivity contribution in [3.63, 3.8) is 0 Å². The summed E-state index contributed by atoms with van der Waals surface area (Å²) in [4.78, 5) is 12.9. The molecule has 2 aromatic rings. The number of alkyl halides is 3. The summed E-state index contributed by atoms with van der Waals surface area (Å²) < 4.78 is 41.8. The van der Waals surface area contributed by atoms with Crippen molar-refractivity contribution in [2.24, 2.45) is 0 Å². The highest BCUT2D eigenvalue weighted by atomic mass is 19.4. The van der Waals surface area contributed by atoms with Crippen LogP contribution in [-0.4, -0.2) is 32.7 Å². The predicted octanol–water partition coefficient (Wildman–Crippen LogP) is 4.93. The zero-order valence-electron chi connectivity index (χ0n) is 15.3. The van der Waals surface area contributed by atoms with Crippen molar-refractivity contribution in [3.8, 4) is 0 Å². The number of benzene rings is 1. The molecule has 1 aromatic carbocycles. The molecule has 8 heteroatoms. The van der Waals surface area contributed by atoms with Crippen LogP contribution in [0.15, 0.2) is 30.6 Å². The maximum absolute atomic E-state index is 13.6. The molecule has 1 aromatic heterocycles. The maximum Gasteiger partial charge on any atom is 0.415 e. The number of hydrogen-bond donors (Lipinski definition) is 1. The van der Waals surface area contributed by atoms with E-state index in [1.165, 1.54) is 35.5 Å². The van der Waals surface area contributed by atoms with Crippen LogP contribution in [0, 0.1) is 13.8 Å². The van der Waals surface area contributed by atoms with E-state index >= 15 is 0 Å². The lowest BCUT2D eigenvalue weighted by Crippen LogP contribution is -2.46. The van der Waals surface area contributed by atoms with Gasteiger partial charge in [-0.05, 0) is 57.4 Å². The number of amides is 1. The smallest absolute Gasteiger partial charge is 0.415 e. The van der Waals surface area contributed by atoms with Crippen LogP contribution < -0.4 is 4.90 Å². The Bertz CT molecular complexity index is 770. The summed E-state index contributed by atoms with van der Waals surface area (Å²) >= 11 is 0. The third-order valence-electron chi connectivity index (χ3n) is 4.01. The van der Waals surface area contributed by atoms with Crippen molar-refractivity contribution < 1.29 is 23.1 Å². The lowest BCUT2D eigenvalue weighted by molar-refractivity contribution is -0.159. The van der Waals surface area contributed by atoms with Gasteiger partial charge >= 0.3 is 12.3 Å². The van der Waals surface area contributed by atoms with E-state index < -0.39 is 23.9 Å². The number of nitrogens with zero attached hydrogens (tertiary/aromatic N) is 3. The van der Waals surface area contributed by atoms with Gasteiger partial charge in [0.15, 0.2) is 6.04 Å². The Hall–Kier alpha value is -2.51. The summed E-state index contributed by atoms with van der Waals surface area (Å²) in [5.74, 6) is 0. The van der Waals surface area contributed by atoms with E-state index in [0.29, 0.717) is 16.8 Å². The highest BCUT2D eigenvalue weighted by molar-refractivity contribution is 5.90. The number of halogens is 3. The van der Waals surface area contributed by atoms with Crippen molar-refractivity contribution in [1.82, 2.24) is 9.78 Å². The Morgan fingerprint density at radius 1 is 1.19 bits per heavy atom. The number of hydrogen-bond acceptors (Lipinski definition) is 2. The standard InChI is InChI=1S/C18H22F3N3O2/c1-11-9-13(15(18(19,20)21)23-8-6-7-22-23)10-12(2)14(11)24(16(25)26)17(3,4)5/h6-10,15H,1-5H3,(H,25,26). The number of carboxylic acid groups (broad SMARTS) is 1. The molecule has 1 amide bonds. The van der Waals surface area contributed by atoms with Crippen molar-refractivity contribution in [1.29, 1.82) is 0 Å². The molecule has 142 valence electrons. The second-order valence-corrected chi connectivity index (χ2v) is 7.22. The molecule has 0 spiro atoms. The van der Waals surface area contributed by atoms with Crippen LogP contribution in [-0.2, 0) is 0 Å². The van der Waals surface area contributed by atoms with Gasteiger partial charge < -0.3 is 5.11 Å². The van der Waals surface area contributed by atoms with Crippen LogP contribution in [0.1, 0.15) is 43.5 Å². The fraction of sp³-hybridized carbons (Fsp3) is 0.444. The molecule has 1 N–H and O–H groups in total. The molecule has 1 atom stereocenters. The van der Waals surface area contributed by atoms with Gasteiger partial charge in [-0.1, -0.05) is 12.1 Å². The summed E-state index contributed by atoms with van der Waals surface area (Å²) in [6.45, 7) is 8.43. The Balaban J connectivity index is 2.64. The second-order valence-electron chi connectivity index (χ2n) is 7.22. The minimum atomic E-state index is -4.54. The zero-order chi connectivity index (χ0) is 19.9. The van der Waals surface area contributed by atoms with E-state index in [0.717, 1.165) is 4.68 Å². The average molecular weight is 369 g/mol. The fourth-order valence-electron chi connectivity index (χ4n) is 3.14. The fourth-order valence-corrected chi connectivity index (χ4v) is 3.14. The van der Waals surface area contributed by atoms with Crippen molar-refractivity contribution in [2.45, 2.75) is 52.4 Å². The van der Waals surface area contributed by atoms with Gasteiger partial charge in [0.05, 0.1) is 5.69 Å². The highest BCUT2D eigenvalue weighted by Crippen LogP contribution is 2.39. The van der Waals surface area contributed by atoms with Crippen LogP contribution in [0.25, 0.3) is 0 Å². The quantitative estimate of drug-likeness (QED) is 0.834. The molecule has 0 fully saturated rings. The molecule has 0 aliphatic rings. The molecular formula is C18H22F3N3O2. The van der Waals surface area contributed by atoms with Gasteiger partial charge in [-0.2, -0.15) is 18.3 Å². The number of aromatic nitrogens is 2. The Kier molecular flexibility index (Phi) is 5.07. The number of anilines is 1. The SMILES string of the molecule is Cc1cc(C(n2cccn2)C(F)(F)F)cc(C)c1N(C(=O)O)C(C)(C)C. The van der Waals surface area contributed by atoms with Crippen LogP contribution >= 0.6 is 0 Å². The van der Waals surface area contributed by atoms with Crippen LogP contribution in [0.2, 0.25) is 0 Å². The molecule has 2 rings (SSSR count). The molecule has 0 saturated carbocycles. The summed E-state index contributed by atoms with van der Waals surface area (Å²) in [7, 11) is 0. The first-order valence-electron chi connectivity index (χ1n) is 8.04. The molecule has 0 radical (unpaired) electrons. The molecule has 26 heavy (non-hydrogen) atoms. The number of carbonyl (C=O) groups is 1. The molecule has 5 nitrogen and oxygen atoms in total. The third-order valence-corrected chi connectivity index (χ3v) is 4.01. The van der Waals surface area contributed by atoms with Gasteiger partial charge in [0.1, 0.15) is 0 Å². The van der Waals surface area contributed by atoms with E-state index in [1.54, 1.807) is 34.6 Å². The molecular weight excluding hydrogens is 347 g/mol. The van der Waals surface area contributed by atoms with Gasteiger partial charge in [-0.3, -0.25) is 9.58 Å². The Morgan fingerprint density at radius 2 is 1.73 bits per heavy atom. The van der Waals surface area contributed by atoms with E-state index in [9.17, 15) is 23.1 Å². The summed E-state index contributed by atoms with van der Waals surface area (Å²) in [5.41, 5.74) is 0.584.